The average molecular weight is 194 g/mol. The van der Waals surface area contributed by atoms with Crippen molar-refractivity contribution in [2.45, 2.75) is 32.2 Å². The highest BCUT2D eigenvalue weighted by atomic mass is 16.2. The third kappa shape index (κ3) is 3.04. The molecule has 1 aliphatic carbocycles. The maximum Gasteiger partial charge on any atom is 0.240 e. The third-order valence-corrected chi connectivity index (χ3v) is 2.53. The number of carbonyl (C=O) groups is 1. The van der Waals surface area contributed by atoms with E-state index in [1.807, 2.05) is 6.92 Å². The molecular weight excluding hydrogens is 176 g/mol. The fourth-order valence-corrected chi connectivity index (χ4v) is 1.36. The fourth-order valence-electron chi connectivity index (χ4n) is 1.36. The zero-order valence-corrected chi connectivity index (χ0v) is 8.70. The maximum absolute atomic E-state index is 11.7. The van der Waals surface area contributed by atoms with E-state index in [-0.39, 0.29) is 11.9 Å². The molecule has 1 saturated carbocycles. The number of hydrogen-bond acceptors (Lipinski definition) is 2. The number of nitrogens with two attached hydrogens (primary N) is 1. The molecule has 0 spiro atoms. The van der Waals surface area contributed by atoms with Gasteiger partial charge >= 0.3 is 0 Å². The highest BCUT2D eigenvalue weighted by molar-refractivity contribution is 5.81. The highest BCUT2D eigenvalue weighted by Gasteiger charge is 2.27. The summed E-state index contributed by atoms with van der Waals surface area (Å²) < 4.78 is 0. The molecule has 0 radical (unpaired) electrons. The summed E-state index contributed by atoms with van der Waals surface area (Å²) in [4.78, 5) is 13.4. The Balaban J connectivity index is 2.47. The van der Waals surface area contributed by atoms with Crippen molar-refractivity contribution in [3.8, 4) is 12.3 Å². The Bertz CT molecular complexity index is 240. The quantitative estimate of drug-likeness (QED) is 0.651. The summed E-state index contributed by atoms with van der Waals surface area (Å²) in [7, 11) is 0. The van der Waals surface area contributed by atoms with Crippen LogP contribution in [-0.4, -0.2) is 29.9 Å². The van der Waals surface area contributed by atoms with E-state index in [2.05, 4.69) is 5.92 Å². The summed E-state index contributed by atoms with van der Waals surface area (Å²) in [6.07, 6.45) is 8.33. The van der Waals surface area contributed by atoms with Gasteiger partial charge < -0.3 is 10.6 Å². The Kier molecular flexibility index (Phi) is 3.97. The van der Waals surface area contributed by atoms with Gasteiger partial charge in [0.25, 0.3) is 0 Å². The van der Waals surface area contributed by atoms with Crippen LogP contribution in [0.1, 0.15) is 26.2 Å². The third-order valence-electron chi connectivity index (χ3n) is 2.53. The number of rotatable bonds is 5. The second-order valence-electron chi connectivity index (χ2n) is 3.88. The van der Waals surface area contributed by atoms with Crippen LogP contribution in [0.3, 0.4) is 0 Å². The summed E-state index contributed by atoms with van der Waals surface area (Å²) >= 11 is 0. The zero-order chi connectivity index (χ0) is 10.6. The lowest BCUT2D eigenvalue weighted by Crippen LogP contribution is -2.44. The lowest BCUT2D eigenvalue weighted by molar-refractivity contribution is -0.132. The molecule has 1 rings (SSSR count). The van der Waals surface area contributed by atoms with Crippen LogP contribution in [0, 0.1) is 18.3 Å². The number of terminal acetylenes is 1. The molecule has 78 valence electrons. The predicted octanol–water partition coefficient (Wildman–Crippen LogP) is 0.595. The number of amides is 1. The van der Waals surface area contributed by atoms with Gasteiger partial charge in [-0.25, -0.2) is 0 Å². The van der Waals surface area contributed by atoms with E-state index < -0.39 is 0 Å². The smallest absolute Gasteiger partial charge is 0.240 e. The Morgan fingerprint density at radius 3 is 2.79 bits per heavy atom. The zero-order valence-electron chi connectivity index (χ0n) is 8.70. The topological polar surface area (TPSA) is 46.3 Å². The summed E-state index contributed by atoms with van der Waals surface area (Å²) in [6, 6.07) is -0.387. The van der Waals surface area contributed by atoms with Crippen LogP contribution in [-0.2, 0) is 4.79 Å². The SMILES string of the molecule is C#CCN(CC1CC1)C(=O)C(N)CC. The first-order chi connectivity index (χ1) is 6.69. The molecule has 14 heavy (non-hydrogen) atoms. The lowest BCUT2D eigenvalue weighted by Gasteiger charge is -2.23. The van der Waals surface area contributed by atoms with Crippen molar-refractivity contribution in [2.75, 3.05) is 13.1 Å². The summed E-state index contributed by atoms with van der Waals surface area (Å²) in [6.45, 7) is 3.09. The Morgan fingerprint density at radius 1 is 1.71 bits per heavy atom. The molecule has 0 aromatic carbocycles. The largest absolute Gasteiger partial charge is 0.330 e. The van der Waals surface area contributed by atoms with Crippen molar-refractivity contribution in [3.63, 3.8) is 0 Å². The second-order valence-corrected chi connectivity index (χ2v) is 3.88. The van der Waals surface area contributed by atoms with E-state index in [1.165, 1.54) is 12.8 Å². The van der Waals surface area contributed by atoms with E-state index in [1.54, 1.807) is 4.90 Å². The van der Waals surface area contributed by atoms with Gasteiger partial charge in [-0.3, -0.25) is 4.79 Å². The maximum atomic E-state index is 11.7. The lowest BCUT2D eigenvalue weighted by atomic mass is 10.2. The van der Waals surface area contributed by atoms with Gasteiger partial charge in [0.05, 0.1) is 12.6 Å². The minimum atomic E-state index is -0.387. The molecule has 1 fully saturated rings. The van der Waals surface area contributed by atoms with Crippen molar-refractivity contribution in [3.05, 3.63) is 0 Å². The van der Waals surface area contributed by atoms with Crippen LogP contribution >= 0.6 is 0 Å². The van der Waals surface area contributed by atoms with E-state index in [4.69, 9.17) is 12.2 Å². The second kappa shape index (κ2) is 5.02. The summed E-state index contributed by atoms with van der Waals surface area (Å²) in [5.41, 5.74) is 5.68. The van der Waals surface area contributed by atoms with Crippen LogP contribution in [0.4, 0.5) is 0 Å². The summed E-state index contributed by atoms with van der Waals surface area (Å²) in [5.74, 6) is 3.17. The van der Waals surface area contributed by atoms with E-state index in [0.717, 1.165) is 6.54 Å². The summed E-state index contributed by atoms with van der Waals surface area (Å²) in [5, 5.41) is 0. The van der Waals surface area contributed by atoms with Gasteiger partial charge in [0, 0.05) is 6.54 Å². The molecule has 2 N–H and O–H groups in total. The molecule has 0 aromatic heterocycles. The van der Waals surface area contributed by atoms with Crippen molar-refractivity contribution >= 4 is 5.91 Å². The van der Waals surface area contributed by atoms with Crippen LogP contribution in [0.25, 0.3) is 0 Å². The van der Waals surface area contributed by atoms with Gasteiger partial charge in [-0.1, -0.05) is 12.8 Å². The Labute approximate surface area is 85.6 Å². The standard InChI is InChI=1S/C11H18N2O/c1-3-7-13(8-9-5-6-9)11(14)10(12)4-2/h1,9-10H,4-8,12H2,2H3. The molecule has 3 heteroatoms. The molecule has 1 aliphatic rings. The first-order valence-corrected chi connectivity index (χ1v) is 5.16. The highest BCUT2D eigenvalue weighted by Crippen LogP contribution is 2.29. The van der Waals surface area contributed by atoms with Crippen LogP contribution in [0.15, 0.2) is 0 Å². The predicted molar refractivity (Wildman–Crippen MR) is 56.4 cm³/mol. The molecular formula is C11H18N2O. The number of hydrogen-bond donors (Lipinski definition) is 1. The van der Waals surface area contributed by atoms with E-state index >= 15 is 0 Å². The average Bonchev–Trinajstić information content (AvgIpc) is 2.98. The van der Waals surface area contributed by atoms with Crippen molar-refractivity contribution in [2.24, 2.45) is 11.7 Å². The van der Waals surface area contributed by atoms with Gasteiger partial charge in [-0.2, -0.15) is 0 Å². The Hall–Kier alpha value is -1.01. The van der Waals surface area contributed by atoms with Gasteiger partial charge in [0.15, 0.2) is 0 Å². The monoisotopic (exact) mass is 194 g/mol. The molecule has 0 bridgehead atoms. The Morgan fingerprint density at radius 2 is 2.36 bits per heavy atom. The molecule has 0 saturated heterocycles. The molecule has 1 atom stereocenters. The van der Waals surface area contributed by atoms with Gasteiger partial charge in [0.1, 0.15) is 0 Å². The normalized spacial score (nSPS) is 17.2. The minimum Gasteiger partial charge on any atom is -0.330 e. The first kappa shape index (κ1) is 11.1. The minimum absolute atomic E-state index is 0.00245. The van der Waals surface area contributed by atoms with E-state index in [0.29, 0.717) is 18.9 Å². The molecule has 3 nitrogen and oxygen atoms in total. The molecule has 1 amide bonds. The number of nitrogens with zero attached hydrogens (tertiary/aromatic N) is 1. The van der Waals surface area contributed by atoms with Gasteiger partial charge in [-0.15, -0.1) is 6.42 Å². The van der Waals surface area contributed by atoms with Crippen LogP contribution in [0.2, 0.25) is 0 Å². The van der Waals surface area contributed by atoms with Gasteiger partial charge in [-0.05, 0) is 25.2 Å². The van der Waals surface area contributed by atoms with Crippen molar-refractivity contribution in [1.82, 2.24) is 4.90 Å². The molecule has 0 heterocycles. The van der Waals surface area contributed by atoms with Crippen molar-refractivity contribution in [1.29, 1.82) is 0 Å². The first-order valence-electron chi connectivity index (χ1n) is 5.16. The molecule has 1 unspecified atom stereocenters. The van der Waals surface area contributed by atoms with Crippen LogP contribution in [0.5, 0.6) is 0 Å². The van der Waals surface area contributed by atoms with Gasteiger partial charge in [0.2, 0.25) is 5.91 Å². The number of carbonyl (C=O) groups excluding carboxylic acids is 1. The van der Waals surface area contributed by atoms with E-state index in [9.17, 15) is 4.79 Å². The fraction of sp³-hybridized carbons (Fsp3) is 0.727. The molecule has 0 aliphatic heterocycles. The molecule has 0 aromatic rings. The van der Waals surface area contributed by atoms with Crippen LogP contribution < -0.4 is 5.73 Å². The van der Waals surface area contributed by atoms with Crippen molar-refractivity contribution < 1.29 is 4.79 Å².